The van der Waals surface area contributed by atoms with Crippen molar-refractivity contribution in [2.24, 2.45) is 0 Å². The Hall–Kier alpha value is -1.81. The lowest BCUT2D eigenvalue weighted by Crippen LogP contribution is -2.01. The van der Waals surface area contributed by atoms with Crippen LogP contribution in [0.3, 0.4) is 0 Å². The van der Waals surface area contributed by atoms with Crippen LogP contribution in [-0.2, 0) is 11.2 Å². The van der Waals surface area contributed by atoms with Gasteiger partial charge in [0.05, 0.1) is 0 Å². The van der Waals surface area contributed by atoms with Crippen LogP contribution in [-0.4, -0.2) is 17.7 Å². The van der Waals surface area contributed by atoms with Crippen LogP contribution in [0.5, 0.6) is 5.75 Å². The summed E-state index contributed by atoms with van der Waals surface area (Å²) in [5.74, 6) is 0.784. The molecule has 4 nitrogen and oxygen atoms in total. The summed E-state index contributed by atoms with van der Waals surface area (Å²) in [6.45, 7) is 3.25. The minimum Gasteiger partial charge on any atom is -0.457 e. The van der Waals surface area contributed by atoms with Crippen LogP contribution in [0.1, 0.15) is 18.2 Å². The molecule has 0 aliphatic rings. The summed E-state index contributed by atoms with van der Waals surface area (Å²) in [4.78, 5) is 11.0. The molecule has 0 radical (unpaired) electrons. The Balaban J connectivity index is 2.58. The highest BCUT2D eigenvalue weighted by molar-refractivity contribution is 5.89. The first kappa shape index (κ1) is 11.7. The highest BCUT2D eigenvalue weighted by Crippen LogP contribution is 2.32. The van der Waals surface area contributed by atoms with E-state index in [9.17, 15) is 4.79 Å². The second kappa shape index (κ2) is 4.59. The van der Waals surface area contributed by atoms with Crippen molar-refractivity contribution in [1.82, 2.24) is 0 Å². The zero-order valence-electron chi connectivity index (χ0n) is 9.82. The monoisotopic (exact) mass is 234 g/mol. The number of para-hydroxylation sites is 1. The van der Waals surface area contributed by atoms with Crippen molar-refractivity contribution >= 4 is 16.9 Å². The fourth-order valence-electron chi connectivity index (χ4n) is 1.92. The smallest absolute Gasteiger partial charge is 0.308 e. The van der Waals surface area contributed by atoms with Crippen molar-refractivity contribution in [2.75, 3.05) is 6.61 Å². The fourth-order valence-corrected chi connectivity index (χ4v) is 1.92. The maximum absolute atomic E-state index is 11.0. The molecule has 17 heavy (non-hydrogen) atoms. The van der Waals surface area contributed by atoms with E-state index < -0.39 is 0 Å². The van der Waals surface area contributed by atoms with E-state index in [-0.39, 0.29) is 12.6 Å². The molecule has 0 saturated carbocycles. The summed E-state index contributed by atoms with van der Waals surface area (Å²) >= 11 is 0. The van der Waals surface area contributed by atoms with Crippen LogP contribution >= 0.6 is 0 Å². The third kappa shape index (κ3) is 2.17. The summed E-state index contributed by atoms with van der Waals surface area (Å²) in [5.41, 5.74) is 1.51. The molecular formula is C13H14O4. The first-order valence-electron chi connectivity index (χ1n) is 5.43. The van der Waals surface area contributed by atoms with E-state index in [0.717, 1.165) is 16.7 Å². The molecule has 0 spiro atoms. The van der Waals surface area contributed by atoms with Crippen molar-refractivity contribution in [3.63, 3.8) is 0 Å². The van der Waals surface area contributed by atoms with E-state index in [1.165, 1.54) is 6.92 Å². The highest BCUT2D eigenvalue weighted by Gasteiger charge is 2.14. The number of rotatable bonds is 3. The normalized spacial score (nSPS) is 10.8. The third-order valence-corrected chi connectivity index (χ3v) is 2.60. The van der Waals surface area contributed by atoms with Crippen LogP contribution < -0.4 is 4.74 Å². The molecule has 0 amide bonds. The van der Waals surface area contributed by atoms with Gasteiger partial charge in [-0.1, -0.05) is 12.1 Å². The first-order chi connectivity index (χ1) is 8.13. The number of hydrogen-bond donors (Lipinski definition) is 1. The number of furan rings is 1. The van der Waals surface area contributed by atoms with Crippen LogP contribution in [0.2, 0.25) is 0 Å². The highest BCUT2D eigenvalue weighted by atomic mass is 16.5. The van der Waals surface area contributed by atoms with Crippen LogP contribution in [0.25, 0.3) is 11.0 Å². The predicted molar refractivity (Wildman–Crippen MR) is 63.0 cm³/mol. The Morgan fingerprint density at radius 2 is 2.24 bits per heavy atom. The number of ether oxygens (including phenoxy) is 1. The van der Waals surface area contributed by atoms with Gasteiger partial charge in [-0.05, 0) is 19.4 Å². The maximum Gasteiger partial charge on any atom is 0.308 e. The minimum atomic E-state index is -0.379. The Labute approximate surface area is 98.8 Å². The number of aliphatic hydroxyl groups is 1. The van der Waals surface area contributed by atoms with Crippen molar-refractivity contribution < 1.29 is 19.1 Å². The summed E-state index contributed by atoms with van der Waals surface area (Å²) < 4.78 is 10.7. The van der Waals surface area contributed by atoms with Crippen LogP contribution in [0.4, 0.5) is 0 Å². The Kier molecular flexibility index (Phi) is 3.15. The zero-order chi connectivity index (χ0) is 12.4. The quantitative estimate of drug-likeness (QED) is 0.653. The number of carbonyl (C=O) groups excluding carboxylic acids is 1. The Morgan fingerprint density at radius 3 is 2.88 bits per heavy atom. The van der Waals surface area contributed by atoms with Gasteiger partial charge >= 0.3 is 5.97 Å². The number of hydrogen-bond acceptors (Lipinski definition) is 4. The summed E-state index contributed by atoms with van der Waals surface area (Å²) in [6, 6.07) is 5.38. The van der Waals surface area contributed by atoms with Gasteiger partial charge in [-0.2, -0.15) is 0 Å². The van der Waals surface area contributed by atoms with E-state index in [0.29, 0.717) is 17.8 Å². The lowest BCUT2D eigenvalue weighted by Gasteiger charge is -2.01. The van der Waals surface area contributed by atoms with Gasteiger partial charge in [0.25, 0.3) is 0 Å². The number of aryl methyl sites for hydroxylation is 1. The first-order valence-corrected chi connectivity index (χ1v) is 5.43. The third-order valence-electron chi connectivity index (χ3n) is 2.60. The molecular weight excluding hydrogens is 220 g/mol. The molecule has 1 N–H and O–H groups in total. The van der Waals surface area contributed by atoms with Crippen LogP contribution in [0.15, 0.2) is 22.6 Å². The molecule has 0 atom stereocenters. The molecule has 0 aliphatic heterocycles. The number of esters is 1. The average Bonchev–Trinajstić information content (AvgIpc) is 2.57. The van der Waals surface area contributed by atoms with E-state index in [4.69, 9.17) is 14.3 Å². The van der Waals surface area contributed by atoms with Gasteiger partial charge in [0, 0.05) is 24.5 Å². The van der Waals surface area contributed by atoms with Gasteiger partial charge in [-0.25, -0.2) is 0 Å². The molecule has 2 rings (SSSR count). The Bertz CT molecular complexity index is 554. The van der Waals surface area contributed by atoms with E-state index in [1.807, 2.05) is 13.0 Å². The maximum atomic E-state index is 11.0. The van der Waals surface area contributed by atoms with Crippen molar-refractivity contribution in [2.45, 2.75) is 20.3 Å². The second-order valence-electron chi connectivity index (χ2n) is 3.84. The van der Waals surface area contributed by atoms with E-state index >= 15 is 0 Å². The Morgan fingerprint density at radius 1 is 1.47 bits per heavy atom. The van der Waals surface area contributed by atoms with Crippen LogP contribution in [0, 0.1) is 6.92 Å². The molecule has 0 bridgehead atoms. The fraction of sp³-hybridized carbons (Fsp3) is 0.308. The zero-order valence-corrected chi connectivity index (χ0v) is 9.82. The van der Waals surface area contributed by atoms with Gasteiger partial charge in [0.15, 0.2) is 11.3 Å². The molecule has 1 aromatic heterocycles. The molecule has 0 saturated heterocycles. The molecule has 0 aliphatic carbocycles. The number of aliphatic hydroxyl groups excluding tert-OH is 1. The molecule has 1 aromatic carbocycles. The average molecular weight is 234 g/mol. The summed E-state index contributed by atoms with van der Waals surface area (Å²) in [5, 5.41) is 9.89. The number of carbonyl (C=O) groups is 1. The minimum absolute atomic E-state index is 0.0628. The number of benzene rings is 1. The van der Waals surface area contributed by atoms with Gasteiger partial charge in [-0.3, -0.25) is 4.79 Å². The van der Waals surface area contributed by atoms with Crippen molar-refractivity contribution in [3.05, 3.63) is 29.5 Å². The number of fused-ring (bicyclic) bond motifs is 1. The van der Waals surface area contributed by atoms with Gasteiger partial charge in [0.2, 0.25) is 0 Å². The summed E-state index contributed by atoms with van der Waals surface area (Å²) in [6.07, 6.45) is 0.530. The van der Waals surface area contributed by atoms with Gasteiger partial charge < -0.3 is 14.3 Å². The molecule has 0 fully saturated rings. The SMILES string of the molecule is CC(=O)Oc1cccc2c(CCO)c(C)oc12. The summed E-state index contributed by atoms with van der Waals surface area (Å²) in [7, 11) is 0. The second-order valence-corrected chi connectivity index (χ2v) is 3.84. The molecule has 90 valence electrons. The molecule has 1 heterocycles. The largest absolute Gasteiger partial charge is 0.457 e. The van der Waals surface area contributed by atoms with Gasteiger partial charge in [-0.15, -0.1) is 0 Å². The lowest BCUT2D eigenvalue weighted by atomic mass is 10.1. The van der Waals surface area contributed by atoms with E-state index in [1.54, 1.807) is 12.1 Å². The van der Waals surface area contributed by atoms with Crippen molar-refractivity contribution in [1.29, 1.82) is 0 Å². The standard InChI is InChI=1S/C13H14O4/c1-8-10(6-7-14)11-4-3-5-12(13(11)16-8)17-9(2)15/h3-5,14H,6-7H2,1-2H3. The topological polar surface area (TPSA) is 59.7 Å². The van der Waals surface area contributed by atoms with E-state index in [2.05, 4.69) is 0 Å². The molecule has 0 unspecified atom stereocenters. The molecule has 2 aromatic rings. The van der Waals surface area contributed by atoms with Crippen molar-refractivity contribution in [3.8, 4) is 5.75 Å². The van der Waals surface area contributed by atoms with Gasteiger partial charge in [0.1, 0.15) is 5.76 Å². The molecule has 4 heteroatoms. The predicted octanol–water partition coefficient (Wildman–Crippen LogP) is 2.20. The lowest BCUT2D eigenvalue weighted by molar-refractivity contribution is -0.131.